The molecule has 0 bridgehead atoms. The molecule has 0 aliphatic carbocycles. The standard InChI is InChI=1S/C7H9NO4/c9-6(10)4-1-2-5(7(11)12)8-3-4/h1-2,6,8-10H,3H2,(H,11,12). The van der Waals surface area contributed by atoms with E-state index in [0.29, 0.717) is 5.57 Å². The Morgan fingerprint density at radius 3 is 2.50 bits per heavy atom. The number of nitrogens with one attached hydrogen (secondary N) is 1. The topological polar surface area (TPSA) is 89.8 Å². The summed E-state index contributed by atoms with van der Waals surface area (Å²) in [5.41, 5.74) is 0.402. The zero-order chi connectivity index (χ0) is 9.14. The average Bonchev–Trinajstić information content (AvgIpc) is 2.04. The number of rotatable bonds is 2. The summed E-state index contributed by atoms with van der Waals surface area (Å²) in [4.78, 5) is 10.3. The van der Waals surface area contributed by atoms with Gasteiger partial charge >= 0.3 is 5.97 Å². The monoisotopic (exact) mass is 171 g/mol. The molecule has 1 aliphatic rings. The fourth-order valence-electron chi connectivity index (χ4n) is 0.830. The van der Waals surface area contributed by atoms with Crippen molar-refractivity contribution in [2.75, 3.05) is 6.54 Å². The van der Waals surface area contributed by atoms with Crippen LogP contribution in [0.25, 0.3) is 0 Å². The number of aliphatic hydroxyl groups excluding tert-OH is 1. The Morgan fingerprint density at radius 2 is 2.17 bits per heavy atom. The van der Waals surface area contributed by atoms with Crippen LogP contribution in [0.2, 0.25) is 0 Å². The Kier molecular flexibility index (Phi) is 2.47. The summed E-state index contributed by atoms with van der Waals surface area (Å²) in [5, 5.41) is 28.3. The molecule has 0 saturated heterocycles. The Hall–Kier alpha value is -1.33. The van der Waals surface area contributed by atoms with Crippen LogP contribution in [0.3, 0.4) is 0 Å². The minimum Gasteiger partial charge on any atom is -0.477 e. The molecule has 0 amide bonds. The van der Waals surface area contributed by atoms with Crippen LogP contribution < -0.4 is 5.32 Å². The number of hydrogen-bond donors (Lipinski definition) is 4. The maximum atomic E-state index is 10.3. The van der Waals surface area contributed by atoms with Crippen LogP contribution in [0, 0.1) is 0 Å². The number of hydrogen-bond acceptors (Lipinski definition) is 4. The van der Waals surface area contributed by atoms with Crippen LogP contribution in [-0.2, 0) is 4.79 Å². The van der Waals surface area contributed by atoms with Gasteiger partial charge in [-0.05, 0) is 6.08 Å². The lowest BCUT2D eigenvalue weighted by molar-refractivity contribution is -0.133. The van der Waals surface area contributed by atoms with Crippen LogP contribution in [0.15, 0.2) is 23.4 Å². The maximum Gasteiger partial charge on any atom is 0.351 e. The molecule has 5 heteroatoms. The van der Waals surface area contributed by atoms with Crippen molar-refractivity contribution in [3.8, 4) is 0 Å². The van der Waals surface area contributed by atoms with Crippen molar-refractivity contribution in [2.24, 2.45) is 0 Å². The first-order valence-corrected chi connectivity index (χ1v) is 3.35. The first kappa shape index (κ1) is 8.76. The molecular weight excluding hydrogens is 162 g/mol. The van der Waals surface area contributed by atoms with Crippen molar-refractivity contribution < 1.29 is 20.1 Å². The predicted molar refractivity (Wildman–Crippen MR) is 40.0 cm³/mol. The molecular formula is C7H9NO4. The fourth-order valence-corrected chi connectivity index (χ4v) is 0.830. The first-order valence-electron chi connectivity index (χ1n) is 3.35. The number of carboxylic acids is 1. The number of carboxylic acid groups (broad SMARTS) is 1. The number of dihydropyridines is 1. The van der Waals surface area contributed by atoms with Crippen molar-refractivity contribution in [1.82, 2.24) is 5.32 Å². The van der Waals surface area contributed by atoms with Gasteiger partial charge < -0.3 is 20.6 Å². The van der Waals surface area contributed by atoms with Crippen molar-refractivity contribution in [3.05, 3.63) is 23.4 Å². The minimum atomic E-state index is -1.52. The number of aliphatic carboxylic acids is 1. The Labute approximate surface area is 68.6 Å². The van der Waals surface area contributed by atoms with Gasteiger partial charge in [0.15, 0.2) is 6.29 Å². The summed E-state index contributed by atoms with van der Waals surface area (Å²) in [7, 11) is 0. The quantitative estimate of drug-likeness (QED) is 0.392. The smallest absolute Gasteiger partial charge is 0.351 e. The summed E-state index contributed by atoms with van der Waals surface area (Å²) in [5.74, 6) is -1.06. The second-order valence-electron chi connectivity index (χ2n) is 2.35. The molecule has 12 heavy (non-hydrogen) atoms. The van der Waals surface area contributed by atoms with Gasteiger partial charge in [0.2, 0.25) is 0 Å². The molecule has 4 N–H and O–H groups in total. The average molecular weight is 171 g/mol. The molecule has 0 saturated carbocycles. The molecule has 0 fully saturated rings. The minimum absolute atomic E-state index is 0.0550. The van der Waals surface area contributed by atoms with Gasteiger partial charge in [0.05, 0.1) is 0 Å². The highest BCUT2D eigenvalue weighted by atomic mass is 16.5. The van der Waals surface area contributed by atoms with Gasteiger partial charge in [-0.2, -0.15) is 0 Å². The van der Waals surface area contributed by atoms with Crippen molar-refractivity contribution in [1.29, 1.82) is 0 Å². The van der Waals surface area contributed by atoms with Gasteiger partial charge in [-0.15, -0.1) is 0 Å². The van der Waals surface area contributed by atoms with E-state index in [1.54, 1.807) is 0 Å². The van der Waals surface area contributed by atoms with E-state index in [9.17, 15) is 4.79 Å². The molecule has 0 aromatic heterocycles. The summed E-state index contributed by atoms with van der Waals surface area (Å²) in [6.45, 7) is 0.149. The normalized spacial score (nSPS) is 16.6. The molecule has 1 rings (SSSR count). The molecule has 1 aliphatic heterocycles. The number of carbonyl (C=O) groups is 1. The molecule has 66 valence electrons. The highest BCUT2D eigenvalue weighted by Crippen LogP contribution is 2.06. The second-order valence-corrected chi connectivity index (χ2v) is 2.35. The largest absolute Gasteiger partial charge is 0.477 e. The van der Waals surface area contributed by atoms with E-state index in [1.165, 1.54) is 12.2 Å². The van der Waals surface area contributed by atoms with E-state index in [2.05, 4.69) is 5.32 Å². The van der Waals surface area contributed by atoms with E-state index in [4.69, 9.17) is 15.3 Å². The highest BCUT2D eigenvalue weighted by molar-refractivity contribution is 5.86. The number of allylic oxidation sites excluding steroid dienone is 2. The summed E-state index contributed by atoms with van der Waals surface area (Å²) >= 11 is 0. The Bertz CT molecular complexity index is 254. The predicted octanol–water partition coefficient (Wildman–Crippen LogP) is -1.20. The van der Waals surface area contributed by atoms with Gasteiger partial charge in [0.25, 0.3) is 0 Å². The van der Waals surface area contributed by atoms with Crippen molar-refractivity contribution in [2.45, 2.75) is 6.29 Å². The molecule has 1 heterocycles. The van der Waals surface area contributed by atoms with E-state index in [1.807, 2.05) is 0 Å². The molecule has 5 nitrogen and oxygen atoms in total. The fraction of sp³-hybridized carbons (Fsp3) is 0.286. The molecule has 0 aromatic rings. The lowest BCUT2D eigenvalue weighted by atomic mass is 10.1. The highest BCUT2D eigenvalue weighted by Gasteiger charge is 2.13. The Morgan fingerprint density at radius 1 is 1.50 bits per heavy atom. The van der Waals surface area contributed by atoms with Crippen LogP contribution in [0.4, 0.5) is 0 Å². The van der Waals surface area contributed by atoms with Crippen LogP contribution >= 0.6 is 0 Å². The molecule has 0 aromatic carbocycles. The van der Waals surface area contributed by atoms with E-state index >= 15 is 0 Å². The first-order chi connectivity index (χ1) is 5.61. The third-order valence-electron chi connectivity index (χ3n) is 1.51. The van der Waals surface area contributed by atoms with Gasteiger partial charge in [0, 0.05) is 12.1 Å². The molecule has 0 atom stereocenters. The Balaban J connectivity index is 2.73. The van der Waals surface area contributed by atoms with Gasteiger partial charge in [-0.25, -0.2) is 4.79 Å². The maximum absolute atomic E-state index is 10.3. The SMILES string of the molecule is O=C(O)C1=CC=C(C(O)O)CN1. The summed E-state index contributed by atoms with van der Waals surface area (Å²) < 4.78 is 0. The third-order valence-corrected chi connectivity index (χ3v) is 1.51. The summed E-state index contributed by atoms with van der Waals surface area (Å²) in [6, 6.07) is 0. The van der Waals surface area contributed by atoms with E-state index in [0.717, 1.165) is 0 Å². The summed E-state index contributed by atoms with van der Waals surface area (Å²) in [6.07, 6.45) is 1.15. The molecule has 0 radical (unpaired) electrons. The van der Waals surface area contributed by atoms with Crippen molar-refractivity contribution >= 4 is 5.97 Å². The van der Waals surface area contributed by atoms with Crippen LogP contribution in [0.5, 0.6) is 0 Å². The zero-order valence-corrected chi connectivity index (χ0v) is 6.19. The molecule has 0 unspecified atom stereocenters. The van der Waals surface area contributed by atoms with Gasteiger partial charge in [-0.3, -0.25) is 0 Å². The van der Waals surface area contributed by atoms with Crippen molar-refractivity contribution in [3.63, 3.8) is 0 Å². The third kappa shape index (κ3) is 1.84. The van der Waals surface area contributed by atoms with Crippen LogP contribution in [0.1, 0.15) is 0 Å². The second kappa shape index (κ2) is 3.38. The molecule has 0 spiro atoms. The van der Waals surface area contributed by atoms with E-state index in [-0.39, 0.29) is 12.2 Å². The van der Waals surface area contributed by atoms with Gasteiger partial charge in [-0.1, -0.05) is 6.08 Å². The number of aliphatic hydroxyl groups is 2. The van der Waals surface area contributed by atoms with E-state index < -0.39 is 12.3 Å². The van der Waals surface area contributed by atoms with Crippen LogP contribution in [-0.4, -0.2) is 34.1 Å². The zero-order valence-electron chi connectivity index (χ0n) is 6.19. The lowest BCUT2D eigenvalue weighted by Gasteiger charge is -2.15. The lowest BCUT2D eigenvalue weighted by Crippen LogP contribution is -2.29. The van der Waals surface area contributed by atoms with Gasteiger partial charge in [0.1, 0.15) is 5.70 Å².